The van der Waals surface area contributed by atoms with Crippen LogP contribution in [0.5, 0.6) is 0 Å². The summed E-state index contributed by atoms with van der Waals surface area (Å²) in [7, 11) is 0. The number of benzene rings is 1. The van der Waals surface area contributed by atoms with Crippen LogP contribution in [0.4, 0.5) is 4.39 Å². The number of hydrogen-bond donors (Lipinski definition) is 2. The third-order valence-corrected chi connectivity index (χ3v) is 2.89. The normalized spacial score (nSPS) is 27.1. The molecule has 0 aromatic heterocycles. The van der Waals surface area contributed by atoms with E-state index in [1.807, 2.05) is 0 Å². The van der Waals surface area contributed by atoms with Crippen molar-refractivity contribution in [3.05, 3.63) is 35.4 Å². The molecule has 0 spiro atoms. The maximum atomic E-state index is 13.3. The first-order valence-corrected chi connectivity index (χ1v) is 5.46. The van der Waals surface area contributed by atoms with E-state index < -0.39 is 24.3 Å². The Morgan fingerprint density at radius 1 is 1.61 bits per heavy atom. The van der Waals surface area contributed by atoms with Crippen LogP contribution < -0.4 is 11.5 Å². The summed E-state index contributed by atoms with van der Waals surface area (Å²) < 4.78 is 18.5. The quantitative estimate of drug-likeness (QED) is 0.811. The molecule has 0 saturated heterocycles. The number of nitrogens with two attached hydrogens (primary N) is 2. The Hall–Kier alpha value is -1.79. The molecule has 6 heteroatoms. The molecule has 1 aromatic rings. The summed E-state index contributed by atoms with van der Waals surface area (Å²) in [5.41, 5.74) is 10.4. The van der Waals surface area contributed by atoms with E-state index in [1.165, 1.54) is 12.3 Å². The molecule has 2 unspecified atom stereocenters. The van der Waals surface area contributed by atoms with Crippen LogP contribution in [0.15, 0.2) is 29.3 Å². The molecule has 0 bridgehead atoms. The van der Waals surface area contributed by atoms with Crippen molar-refractivity contribution >= 4 is 12.1 Å². The standard InChI is InChI=1S/C12H14FN3O2/c13-6-12(7-18-10(14)5-16-12)9-3-1-2-8(4-9)11(15)17/h1-5,10H,6-7,14H2,(H2,15,17). The van der Waals surface area contributed by atoms with E-state index in [4.69, 9.17) is 16.2 Å². The smallest absolute Gasteiger partial charge is 0.248 e. The highest BCUT2D eigenvalue weighted by molar-refractivity contribution is 5.93. The van der Waals surface area contributed by atoms with E-state index in [9.17, 15) is 9.18 Å². The maximum Gasteiger partial charge on any atom is 0.248 e. The van der Waals surface area contributed by atoms with Gasteiger partial charge in [-0.05, 0) is 17.7 Å². The Kier molecular flexibility index (Phi) is 3.40. The van der Waals surface area contributed by atoms with Gasteiger partial charge in [-0.25, -0.2) is 4.39 Å². The molecule has 1 aliphatic rings. The van der Waals surface area contributed by atoms with Gasteiger partial charge in [-0.15, -0.1) is 0 Å². The highest BCUT2D eigenvalue weighted by Crippen LogP contribution is 2.29. The topological polar surface area (TPSA) is 90.7 Å². The molecular weight excluding hydrogens is 237 g/mol. The molecule has 4 N–H and O–H groups in total. The molecule has 0 saturated carbocycles. The van der Waals surface area contributed by atoms with Crippen molar-refractivity contribution in [2.45, 2.75) is 11.8 Å². The number of ether oxygens (including phenoxy) is 1. The van der Waals surface area contributed by atoms with E-state index in [2.05, 4.69) is 4.99 Å². The largest absolute Gasteiger partial charge is 0.366 e. The first-order chi connectivity index (χ1) is 8.57. The fourth-order valence-corrected chi connectivity index (χ4v) is 1.80. The van der Waals surface area contributed by atoms with E-state index >= 15 is 0 Å². The van der Waals surface area contributed by atoms with Crippen LogP contribution >= 0.6 is 0 Å². The van der Waals surface area contributed by atoms with Crippen LogP contribution in [-0.2, 0) is 10.3 Å². The van der Waals surface area contributed by atoms with Gasteiger partial charge < -0.3 is 16.2 Å². The maximum absolute atomic E-state index is 13.3. The molecule has 1 heterocycles. The van der Waals surface area contributed by atoms with Crippen molar-refractivity contribution in [1.29, 1.82) is 0 Å². The first-order valence-electron chi connectivity index (χ1n) is 5.46. The SMILES string of the molecule is NC(=O)c1cccc(C2(CF)COC(N)C=N2)c1. The van der Waals surface area contributed by atoms with Gasteiger partial charge in [-0.3, -0.25) is 9.79 Å². The predicted octanol–water partition coefficient (Wildman–Crippen LogP) is 0.336. The summed E-state index contributed by atoms with van der Waals surface area (Å²) in [5.74, 6) is -0.566. The van der Waals surface area contributed by atoms with Crippen LogP contribution in [0.2, 0.25) is 0 Å². The zero-order valence-corrected chi connectivity index (χ0v) is 9.67. The highest BCUT2D eigenvalue weighted by Gasteiger charge is 2.35. The van der Waals surface area contributed by atoms with Gasteiger partial charge in [0.2, 0.25) is 5.91 Å². The van der Waals surface area contributed by atoms with Crippen LogP contribution in [0.25, 0.3) is 0 Å². The molecule has 5 nitrogen and oxygen atoms in total. The second-order valence-corrected chi connectivity index (χ2v) is 4.16. The summed E-state index contributed by atoms with van der Waals surface area (Å²) in [6, 6.07) is 6.41. The number of nitrogens with zero attached hydrogens (tertiary/aromatic N) is 1. The van der Waals surface area contributed by atoms with E-state index in [0.29, 0.717) is 11.1 Å². The van der Waals surface area contributed by atoms with Gasteiger partial charge >= 0.3 is 0 Å². The lowest BCUT2D eigenvalue weighted by atomic mass is 9.90. The molecule has 1 aliphatic heterocycles. The molecule has 2 rings (SSSR count). The summed E-state index contributed by atoms with van der Waals surface area (Å²) >= 11 is 0. The first kappa shape index (κ1) is 12.7. The Bertz CT molecular complexity index is 492. The fraction of sp³-hybridized carbons (Fsp3) is 0.333. The van der Waals surface area contributed by atoms with Gasteiger partial charge in [0, 0.05) is 11.8 Å². The van der Waals surface area contributed by atoms with Gasteiger partial charge in [0.25, 0.3) is 0 Å². The van der Waals surface area contributed by atoms with Crippen LogP contribution in [0, 0.1) is 0 Å². The van der Waals surface area contributed by atoms with Crippen LogP contribution in [-0.4, -0.2) is 31.6 Å². The third kappa shape index (κ3) is 2.25. The van der Waals surface area contributed by atoms with Crippen LogP contribution in [0.1, 0.15) is 15.9 Å². The van der Waals surface area contributed by atoms with Crippen molar-refractivity contribution in [3.63, 3.8) is 0 Å². The molecule has 1 aromatic carbocycles. The second-order valence-electron chi connectivity index (χ2n) is 4.16. The number of carbonyl (C=O) groups is 1. The number of alkyl halides is 1. The minimum Gasteiger partial charge on any atom is -0.366 e. The molecule has 96 valence electrons. The van der Waals surface area contributed by atoms with Gasteiger partial charge in [-0.1, -0.05) is 12.1 Å². The number of carbonyl (C=O) groups excluding carboxylic acids is 1. The van der Waals surface area contributed by atoms with Crippen molar-refractivity contribution < 1.29 is 13.9 Å². The predicted molar refractivity (Wildman–Crippen MR) is 65.0 cm³/mol. The van der Waals surface area contributed by atoms with Gasteiger partial charge in [-0.2, -0.15) is 0 Å². The zero-order chi connectivity index (χ0) is 13.2. The average Bonchev–Trinajstić information content (AvgIpc) is 2.40. The van der Waals surface area contributed by atoms with E-state index in [-0.39, 0.29) is 6.61 Å². The Labute approximate surface area is 104 Å². The summed E-state index contributed by atoms with van der Waals surface area (Å²) in [6.07, 6.45) is 0.740. The van der Waals surface area contributed by atoms with E-state index in [0.717, 1.165) is 0 Å². The summed E-state index contributed by atoms with van der Waals surface area (Å²) in [6.45, 7) is -0.707. The molecule has 0 aliphatic carbocycles. The lowest BCUT2D eigenvalue weighted by Crippen LogP contribution is -2.42. The molecular formula is C12H14FN3O2. The van der Waals surface area contributed by atoms with Gasteiger partial charge in [0.05, 0.1) is 6.61 Å². The zero-order valence-electron chi connectivity index (χ0n) is 9.67. The van der Waals surface area contributed by atoms with Crippen molar-refractivity contribution in [1.82, 2.24) is 0 Å². The number of aliphatic imine (C=N–C) groups is 1. The van der Waals surface area contributed by atoms with Crippen molar-refractivity contribution in [3.8, 4) is 0 Å². The Morgan fingerprint density at radius 2 is 2.39 bits per heavy atom. The second kappa shape index (κ2) is 4.83. The highest BCUT2D eigenvalue weighted by atomic mass is 19.1. The monoisotopic (exact) mass is 251 g/mol. The minimum absolute atomic E-state index is 0.0311. The number of rotatable bonds is 3. The molecule has 2 atom stereocenters. The van der Waals surface area contributed by atoms with Crippen LogP contribution in [0.3, 0.4) is 0 Å². The lowest BCUT2D eigenvalue weighted by Gasteiger charge is -2.32. The number of hydrogen-bond acceptors (Lipinski definition) is 4. The fourth-order valence-electron chi connectivity index (χ4n) is 1.80. The molecule has 0 fully saturated rings. The number of amides is 1. The van der Waals surface area contributed by atoms with Gasteiger partial charge in [0.15, 0.2) is 0 Å². The number of halogens is 1. The van der Waals surface area contributed by atoms with Gasteiger partial charge in [0.1, 0.15) is 18.4 Å². The molecule has 0 radical (unpaired) electrons. The van der Waals surface area contributed by atoms with Crippen molar-refractivity contribution in [2.24, 2.45) is 16.5 Å². The Balaban J connectivity index is 2.42. The van der Waals surface area contributed by atoms with E-state index in [1.54, 1.807) is 18.2 Å². The Morgan fingerprint density at radius 3 is 2.94 bits per heavy atom. The summed E-state index contributed by atoms with van der Waals surface area (Å²) in [4.78, 5) is 15.2. The van der Waals surface area contributed by atoms with Crippen molar-refractivity contribution in [2.75, 3.05) is 13.3 Å². The third-order valence-electron chi connectivity index (χ3n) is 2.89. The summed E-state index contributed by atoms with van der Waals surface area (Å²) in [5, 5.41) is 0. The minimum atomic E-state index is -1.14. The lowest BCUT2D eigenvalue weighted by molar-refractivity contribution is 0.0377. The average molecular weight is 251 g/mol. The number of primary amides is 1. The molecule has 1 amide bonds. The molecule has 18 heavy (non-hydrogen) atoms.